The van der Waals surface area contributed by atoms with Gasteiger partial charge < -0.3 is 15.5 Å². The Morgan fingerprint density at radius 2 is 2.13 bits per heavy atom. The van der Waals surface area contributed by atoms with Crippen molar-refractivity contribution in [2.45, 2.75) is 9.79 Å². The predicted molar refractivity (Wildman–Crippen MR) is 65.5 cm³/mol. The third-order valence-electron chi connectivity index (χ3n) is 1.58. The summed E-state index contributed by atoms with van der Waals surface area (Å²) in [7, 11) is 0. The lowest BCUT2D eigenvalue weighted by atomic mass is 10.3. The first-order valence-electron chi connectivity index (χ1n) is 4.07. The van der Waals surface area contributed by atoms with Crippen LogP contribution < -0.4 is 10.0 Å². The Balaban J connectivity index is 0.000000337. The lowest BCUT2D eigenvalue weighted by molar-refractivity contribution is 0.0773. The minimum atomic E-state index is -0.750. The molecular formula is C8H11ClN2O2S2. The van der Waals surface area contributed by atoms with Crippen LogP contribution in [-0.2, 0) is 0 Å². The van der Waals surface area contributed by atoms with Gasteiger partial charge in [-0.25, -0.2) is 4.72 Å². The molecular weight excluding hydrogens is 256 g/mol. The second kappa shape index (κ2) is 6.47. The van der Waals surface area contributed by atoms with Crippen molar-refractivity contribution in [3.05, 3.63) is 17.2 Å². The normalized spacial score (nSPS) is 13.3. The van der Waals surface area contributed by atoms with Gasteiger partial charge in [0.2, 0.25) is 0 Å². The number of aliphatic hydroxyl groups excluding tert-OH is 1. The van der Waals surface area contributed by atoms with Crippen LogP contribution in [0.25, 0.3) is 0 Å². The van der Waals surface area contributed by atoms with Gasteiger partial charge in [-0.1, -0.05) is 11.6 Å². The fraction of sp³-hybridized carbons (Fsp3) is 0.250. The molecule has 4 N–H and O–H groups in total. The number of halogens is 1. The summed E-state index contributed by atoms with van der Waals surface area (Å²) >= 11 is 11.7. The molecule has 0 unspecified atom stereocenters. The molecule has 0 radical (unpaired) electrons. The summed E-state index contributed by atoms with van der Waals surface area (Å²) in [5.74, 6) is 0. The van der Waals surface area contributed by atoms with E-state index in [4.69, 9.17) is 21.8 Å². The van der Waals surface area contributed by atoms with E-state index < -0.39 is 6.79 Å². The zero-order valence-corrected chi connectivity index (χ0v) is 10.2. The summed E-state index contributed by atoms with van der Waals surface area (Å²) in [6, 6.07) is 3.84. The standard InChI is InChI=1S/C7H7ClN2S2.CH4O2/c8-4-1-5-7(2-6(4)11)12-10-3-9-5;2-1-3/h1-2,9-11H,3H2;2-3H,1H2. The van der Waals surface area contributed by atoms with Crippen molar-refractivity contribution in [1.29, 1.82) is 0 Å². The number of rotatable bonds is 0. The van der Waals surface area contributed by atoms with Crippen LogP contribution in [0.15, 0.2) is 21.9 Å². The third kappa shape index (κ3) is 3.75. The Labute approximate surface area is 103 Å². The minimum Gasteiger partial charge on any atom is -0.371 e. The van der Waals surface area contributed by atoms with Crippen molar-refractivity contribution in [3.63, 3.8) is 0 Å². The van der Waals surface area contributed by atoms with Gasteiger partial charge in [-0.05, 0) is 24.1 Å². The van der Waals surface area contributed by atoms with E-state index in [0.29, 0.717) is 5.02 Å². The van der Waals surface area contributed by atoms with E-state index in [-0.39, 0.29) is 0 Å². The third-order valence-corrected chi connectivity index (χ3v) is 3.24. The van der Waals surface area contributed by atoms with Crippen molar-refractivity contribution < 1.29 is 10.2 Å². The molecule has 1 aliphatic heterocycles. The van der Waals surface area contributed by atoms with Gasteiger partial charge in [0, 0.05) is 9.79 Å². The Morgan fingerprint density at radius 1 is 1.47 bits per heavy atom. The summed E-state index contributed by atoms with van der Waals surface area (Å²) in [6.45, 7) is 0.0138. The summed E-state index contributed by atoms with van der Waals surface area (Å²) in [6.07, 6.45) is 0. The largest absolute Gasteiger partial charge is 0.371 e. The van der Waals surface area contributed by atoms with Crippen molar-refractivity contribution in [3.8, 4) is 0 Å². The van der Waals surface area contributed by atoms with Crippen LogP contribution >= 0.6 is 36.2 Å². The first-order valence-corrected chi connectivity index (χ1v) is 5.71. The zero-order chi connectivity index (χ0) is 11.3. The molecule has 0 fully saturated rings. The highest BCUT2D eigenvalue weighted by Crippen LogP contribution is 2.34. The molecule has 0 amide bonds. The fourth-order valence-corrected chi connectivity index (χ4v) is 2.17. The van der Waals surface area contributed by atoms with Crippen molar-refractivity contribution >= 4 is 41.9 Å². The number of anilines is 1. The molecule has 1 aromatic rings. The van der Waals surface area contributed by atoms with E-state index >= 15 is 0 Å². The number of aliphatic hydroxyl groups is 2. The van der Waals surface area contributed by atoms with Gasteiger partial charge in [-0.15, -0.1) is 12.6 Å². The summed E-state index contributed by atoms with van der Waals surface area (Å²) in [5, 5.41) is 18.1. The van der Waals surface area contributed by atoms with Gasteiger partial charge in [-0.2, -0.15) is 0 Å². The topological polar surface area (TPSA) is 64.5 Å². The fourth-order valence-electron chi connectivity index (χ4n) is 1.01. The Kier molecular flexibility index (Phi) is 5.59. The van der Waals surface area contributed by atoms with E-state index in [0.717, 1.165) is 22.1 Å². The van der Waals surface area contributed by atoms with Crippen LogP contribution in [0.4, 0.5) is 5.69 Å². The Hall–Kier alpha value is -0.110. The number of benzene rings is 1. The molecule has 0 spiro atoms. The van der Waals surface area contributed by atoms with Crippen LogP contribution in [0.1, 0.15) is 0 Å². The maximum Gasteiger partial charge on any atom is 0.140 e. The lowest BCUT2D eigenvalue weighted by Crippen LogP contribution is -2.20. The minimum absolute atomic E-state index is 0.687. The maximum atomic E-state index is 7.12. The monoisotopic (exact) mass is 266 g/mol. The molecule has 84 valence electrons. The number of thiol groups is 1. The van der Waals surface area contributed by atoms with Crippen LogP contribution in [-0.4, -0.2) is 23.7 Å². The molecule has 0 saturated heterocycles. The second-order valence-electron chi connectivity index (χ2n) is 2.54. The van der Waals surface area contributed by atoms with Crippen LogP contribution in [0.2, 0.25) is 5.02 Å². The average molecular weight is 267 g/mol. The molecule has 0 aliphatic carbocycles. The van der Waals surface area contributed by atoms with E-state index in [1.807, 2.05) is 12.1 Å². The molecule has 1 aromatic carbocycles. The van der Waals surface area contributed by atoms with Gasteiger partial charge >= 0.3 is 0 Å². The van der Waals surface area contributed by atoms with Gasteiger partial charge in [0.1, 0.15) is 6.79 Å². The first kappa shape index (κ1) is 13.0. The van der Waals surface area contributed by atoms with Crippen LogP contribution in [0.5, 0.6) is 0 Å². The van der Waals surface area contributed by atoms with Crippen molar-refractivity contribution in [2.24, 2.45) is 0 Å². The van der Waals surface area contributed by atoms with Crippen LogP contribution in [0.3, 0.4) is 0 Å². The first-order chi connectivity index (χ1) is 7.19. The highest BCUT2D eigenvalue weighted by Gasteiger charge is 2.10. The molecule has 1 aliphatic rings. The molecule has 0 bridgehead atoms. The van der Waals surface area contributed by atoms with Gasteiger partial charge in [0.25, 0.3) is 0 Å². The lowest BCUT2D eigenvalue weighted by Gasteiger charge is -2.18. The molecule has 0 atom stereocenters. The Bertz CT molecular complexity index is 308. The number of hydrogen-bond acceptors (Lipinski definition) is 6. The molecule has 2 rings (SSSR count). The van der Waals surface area contributed by atoms with Crippen molar-refractivity contribution in [2.75, 3.05) is 18.8 Å². The summed E-state index contributed by atoms with van der Waals surface area (Å²) < 4.78 is 3.12. The highest BCUT2D eigenvalue weighted by molar-refractivity contribution is 7.97. The van der Waals surface area contributed by atoms with Crippen LogP contribution in [0, 0.1) is 0 Å². The number of hydrogen-bond donors (Lipinski definition) is 5. The molecule has 7 heteroatoms. The average Bonchev–Trinajstić information content (AvgIpc) is 2.21. The Morgan fingerprint density at radius 3 is 2.80 bits per heavy atom. The molecule has 1 heterocycles. The zero-order valence-electron chi connectivity index (χ0n) is 7.70. The molecule has 0 saturated carbocycles. The molecule has 4 nitrogen and oxygen atoms in total. The molecule has 0 aromatic heterocycles. The number of nitrogens with one attached hydrogen (secondary N) is 2. The smallest absolute Gasteiger partial charge is 0.140 e. The summed E-state index contributed by atoms with van der Waals surface area (Å²) in [5.41, 5.74) is 1.07. The van der Waals surface area contributed by atoms with Gasteiger partial charge in [0.05, 0.1) is 17.4 Å². The van der Waals surface area contributed by atoms with E-state index in [2.05, 4.69) is 22.7 Å². The second-order valence-corrected chi connectivity index (χ2v) is 4.36. The maximum absolute atomic E-state index is 7.12. The van der Waals surface area contributed by atoms with E-state index in [1.54, 1.807) is 11.9 Å². The van der Waals surface area contributed by atoms with E-state index in [9.17, 15) is 0 Å². The van der Waals surface area contributed by atoms with E-state index in [1.165, 1.54) is 0 Å². The van der Waals surface area contributed by atoms with Crippen molar-refractivity contribution in [1.82, 2.24) is 4.72 Å². The summed E-state index contributed by atoms with van der Waals surface area (Å²) in [4.78, 5) is 1.95. The number of fused-ring (bicyclic) bond motifs is 1. The quantitative estimate of drug-likeness (QED) is 0.280. The van der Waals surface area contributed by atoms with Gasteiger partial charge in [0.15, 0.2) is 0 Å². The SMILES string of the molecule is OCO.Sc1cc2c(cc1Cl)NCNS2. The highest BCUT2D eigenvalue weighted by atomic mass is 35.5. The molecule has 15 heavy (non-hydrogen) atoms. The predicted octanol–water partition coefficient (Wildman–Crippen LogP) is 1.54. The van der Waals surface area contributed by atoms with Gasteiger partial charge in [-0.3, -0.25) is 0 Å².